The summed E-state index contributed by atoms with van der Waals surface area (Å²) in [5.41, 5.74) is 16.3. The summed E-state index contributed by atoms with van der Waals surface area (Å²) in [5, 5.41) is 5.97. The Morgan fingerprint density at radius 2 is 1.02 bits per heavy atom. The summed E-state index contributed by atoms with van der Waals surface area (Å²) in [6, 6.07) is 79.8. The van der Waals surface area contributed by atoms with Crippen LogP contribution in [-0.2, 0) is 0 Å². The molecule has 0 bridgehead atoms. The van der Waals surface area contributed by atoms with Crippen LogP contribution in [0.1, 0.15) is 11.7 Å². The molecule has 0 amide bonds. The summed E-state index contributed by atoms with van der Waals surface area (Å²) in [6.07, 6.45) is -0.0894. The van der Waals surface area contributed by atoms with Gasteiger partial charge in [-0.1, -0.05) is 152 Å². The van der Waals surface area contributed by atoms with Crippen molar-refractivity contribution in [1.82, 2.24) is 0 Å². The highest BCUT2D eigenvalue weighted by Crippen LogP contribution is 2.49. The number of fused-ring (bicyclic) bond motifs is 4. The van der Waals surface area contributed by atoms with E-state index in [4.69, 9.17) is 4.42 Å². The molecular formula is C55H39N3O. The lowest BCUT2D eigenvalue weighted by Gasteiger charge is -2.28. The van der Waals surface area contributed by atoms with E-state index in [1.54, 1.807) is 0 Å². The Kier molecular flexibility index (Phi) is 8.52. The summed E-state index contributed by atoms with van der Waals surface area (Å²) in [7, 11) is 0. The molecule has 1 N–H and O–H groups in total. The van der Waals surface area contributed by atoms with E-state index in [-0.39, 0.29) is 6.17 Å². The van der Waals surface area contributed by atoms with Gasteiger partial charge in [0.15, 0.2) is 0 Å². The Morgan fingerprint density at radius 3 is 1.69 bits per heavy atom. The van der Waals surface area contributed by atoms with Crippen molar-refractivity contribution in [3.05, 3.63) is 230 Å². The Balaban J connectivity index is 1.06. The number of nitrogens with one attached hydrogen (secondary N) is 1. The second-order valence-electron chi connectivity index (χ2n) is 15.0. The molecule has 1 unspecified atom stereocenters. The quantitative estimate of drug-likeness (QED) is 0.167. The molecule has 1 aliphatic rings. The lowest BCUT2D eigenvalue weighted by molar-refractivity contribution is 0.670. The van der Waals surface area contributed by atoms with Crippen molar-refractivity contribution in [3.8, 4) is 33.4 Å². The number of hydrogen-bond acceptors (Lipinski definition) is 4. The van der Waals surface area contributed by atoms with E-state index in [1.807, 2.05) is 0 Å². The van der Waals surface area contributed by atoms with Crippen molar-refractivity contribution in [2.24, 2.45) is 0 Å². The maximum absolute atomic E-state index is 6.91. The van der Waals surface area contributed by atoms with Crippen LogP contribution in [0.4, 0.5) is 34.1 Å². The normalized spacial score (nSPS) is 13.4. The van der Waals surface area contributed by atoms with E-state index in [1.165, 1.54) is 22.3 Å². The number of anilines is 6. The summed E-state index contributed by atoms with van der Waals surface area (Å²) in [5.74, 6) is 0. The van der Waals surface area contributed by atoms with Crippen LogP contribution in [0.25, 0.3) is 55.3 Å². The second-order valence-corrected chi connectivity index (χ2v) is 15.0. The molecule has 2 heterocycles. The molecule has 0 aliphatic carbocycles. The van der Waals surface area contributed by atoms with Gasteiger partial charge in [0, 0.05) is 28.0 Å². The Hall–Kier alpha value is -7.82. The molecule has 1 atom stereocenters. The van der Waals surface area contributed by atoms with Crippen molar-refractivity contribution >= 4 is 56.1 Å². The first-order valence-electron chi connectivity index (χ1n) is 20.1. The molecule has 1 aromatic heterocycles. The van der Waals surface area contributed by atoms with Crippen molar-refractivity contribution < 1.29 is 4.42 Å². The molecule has 0 fully saturated rings. The first-order chi connectivity index (χ1) is 29.3. The van der Waals surface area contributed by atoms with Crippen LogP contribution < -0.4 is 15.1 Å². The molecule has 1 aliphatic heterocycles. The fourth-order valence-electron chi connectivity index (χ4n) is 8.66. The van der Waals surface area contributed by atoms with Crippen LogP contribution in [0.15, 0.2) is 229 Å². The number of furan rings is 1. The molecule has 0 saturated heterocycles. The number of para-hydroxylation sites is 4. The molecule has 0 radical (unpaired) electrons. The monoisotopic (exact) mass is 757 g/mol. The predicted octanol–water partition coefficient (Wildman–Crippen LogP) is 15.3. The molecule has 0 spiro atoms. The SMILES string of the molecule is c1ccc(-c2ccc(N(c3ccc(-c4ccccc4)cc3)c3ccc(-c4cccc(C5Nc6ccccc6N5c5ccccc5)c4)c4oc5ccccc5c34)cc2)cc1. The van der Waals surface area contributed by atoms with Gasteiger partial charge in [0.05, 0.1) is 22.4 Å². The number of benzene rings is 9. The largest absolute Gasteiger partial charge is 0.455 e. The number of nitrogens with zero attached hydrogens (tertiary/aromatic N) is 2. The third-order valence-electron chi connectivity index (χ3n) is 11.5. The zero-order chi connectivity index (χ0) is 39.1. The Bertz CT molecular complexity index is 2980. The van der Waals surface area contributed by atoms with E-state index in [2.05, 4.69) is 240 Å². The van der Waals surface area contributed by atoms with E-state index in [0.29, 0.717) is 0 Å². The maximum Gasteiger partial charge on any atom is 0.145 e. The molecular weight excluding hydrogens is 719 g/mol. The number of hydrogen-bond donors (Lipinski definition) is 1. The summed E-state index contributed by atoms with van der Waals surface area (Å²) < 4.78 is 6.91. The molecule has 4 nitrogen and oxygen atoms in total. The fourth-order valence-corrected chi connectivity index (χ4v) is 8.66. The van der Waals surface area contributed by atoms with Gasteiger partial charge in [-0.25, -0.2) is 0 Å². The molecule has 0 saturated carbocycles. The van der Waals surface area contributed by atoms with Gasteiger partial charge in [0.1, 0.15) is 17.3 Å². The van der Waals surface area contributed by atoms with Gasteiger partial charge in [-0.3, -0.25) is 0 Å². The first-order valence-corrected chi connectivity index (χ1v) is 20.1. The highest BCUT2D eigenvalue weighted by Gasteiger charge is 2.31. The molecule has 10 aromatic rings. The van der Waals surface area contributed by atoms with E-state index in [9.17, 15) is 0 Å². The molecule has 59 heavy (non-hydrogen) atoms. The van der Waals surface area contributed by atoms with Crippen LogP contribution in [-0.4, -0.2) is 0 Å². The molecule has 280 valence electrons. The minimum Gasteiger partial charge on any atom is -0.455 e. The smallest absolute Gasteiger partial charge is 0.145 e. The van der Waals surface area contributed by atoms with Gasteiger partial charge in [0.25, 0.3) is 0 Å². The topological polar surface area (TPSA) is 31.6 Å². The van der Waals surface area contributed by atoms with Crippen LogP contribution >= 0.6 is 0 Å². The van der Waals surface area contributed by atoms with Crippen LogP contribution in [0.3, 0.4) is 0 Å². The molecule has 11 rings (SSSR count). The van der Waals surface area contributed by atoms with E-state index in [0.717, 1.165) is 72.8 Å². The molecule has 9 aromatic carbocycles. The lowest BCUT2D eigenvalue weighted by atomic mass is 9.97. The average Bonchev–Trinajstić information content (AvgIpc) is 3.91. The minimum absolute atomic E-state index is 0.0894. The van der Waals surface area contributed by atoms with Gasteiger partial charge in [-0.05, 0) is 106 Å². The summed E-state index contributed by atoms with van der Waals surface area (Å²) in [6.45, 7) is 0. The van der Waals surface area contributed by atoms with Gasteiger partial charge >= 0.3 is 0 Å². The van der Waals surface area contributed by atoms with Crippen molar-refractivity contribution in [1.29, 1.82) is 0 Å². The van der Waals surface area contributed by atoms with Gasteiger partial charge in [-0.2, -0.15) is 0 Å². The Morgan fingerprint density at radius 1 is 0.458 bits per heavy atom. The highest BCUT2D eigenvalue weighted by molar-refractivity contribution is 6.17. The van der Waals surface area contributed by atoms with Crippen molar-refractivity contribution in [2.75, 3.05) is 15.1 Å². The van der Waals surface area contributed by atoms with Crippen LogP contribution in [0.2, 0.25) is 0 Å². The third-order valence-corrected chi connectivity index (χ3v) is 11.5. The van der Waals surface area contributed by atoms with Gasteiger partial charge in [0.2, 0.25) is 0 Å². The average molecular weight is 758 g/mol. The first kappa shape index (κ1) is 34.4. The summed E-state index contributed by atoms with van der Waals surface area (Å²) in [4.78, 5) is 4.75. The van der Waals surface area contributed by atoms with Gasteiger partial charge in [-0.15, -0.1) is 0 Å². The Labute approximate surface area is 343 Å². The fraction of sp³-hybridized carbons (Fsp3) is 0.0182. The zero-order valence-corrected chi connectivity index (χ0v) is 32.2. The standard InChI is InChI=1S/C55H39N3O/c1-4-15-38(16-5-1)40-27-31-45(32-28-40)57(46-33-29-41(30-34-46)39-17-6-2-7-18-39)51-36-35-47(54-53(51)48-23-10-13-26-52(48)59-54)42-19-14-20-43(37-42)55-56-49-24-11-12-25-50(49)58(55)44-21-8-3-9-22-44/h1-37,55-56H. The van der Waals surface area contributed by atoms with E-state index < -0.39 is 0 Å². The minimum atomic E-state index is -0.0894. The number of rotatable bonds is 8. The van der Waals surface area contributed by atoms with Crippen LogP contribution in [0.5, 0.6) is 0 Å². The third kappa shape index (κ3) is 6.19. The van der Waals surface area contributed by atoms with E-state index >= 15 is 0 Å². The molecule has 4 heteroatoms. The van der Waals surface area contributed by atoms with Crippen molar-refractivity contribution in [2.45, 2.75) is 6.17 Å². The second kappa shape index (κ2) is 14.6. The van der Waals surface area contributed by atoms with Gasteiger partial charge < -0.3 is 19.5 Å². The highest BCUT2D eigenvalue weighted by atomic mass is 16.3. The van der Waals surface area contributed by atoms with Crippen molar-refractivity contribution in [3.63, 3.8) is 0 Å². The maximum atomic E-state index is 6.91. The zero-order valence-electron chi connectivity index (χ0n) is 32.2. The predicted molar refractivity (Wildman–Crippen MR) is 246 cm³/mol. The lowest BCUT2D eigenvalue weighted by Crippen LogP contribution is -2.23. The van der Waals surface area contributed by atoms with Crippen LogP contribution in [0, 0.1) is 0 Å². The summed E-state index contributed by atoms with van der Waals surface area (Å²) >= 11 is 0.